The van der Waals surface area contributed by atoms with Gasteiger partial charge in [0.05, 0.1) is 10.7 Å². The van der Waals surface area contributed by atoms with Crippen LogP contribution < -0.4 is 0 Å². The van der Waals surface area contributed by atoms with Gasteiger partial charge >= 0.3 is 5.97 Å². The van der Waals surface area contributed by atoms with Crippen LogP contribution in [0.25, 0.3) is 0 Å². The first-order valence-corrected chi connectivity index (χ1v) is 6.98. The predicted molar refractivity (Wildman–Crippen MR) is 69.0 cm³/mol. The molecule has 0 spiro atoms. The Morgan fingerprint density at radius 1 is 1.68 bits per heavy atom. The Morgan fingerprint density at radius 3 is 2.95 bits per heavy atom. The maximum Gasteiger partial charge on any atom is 0.335 e. The van der Waals surface area contributed by atoms with Crippen molar-refractivity contribution in [1.82, 2.24) is 9.88 Å². The Labute approximate surface area is 115 Å². The van der Waals surface area contributed by atoms with Gasteiger partial charge in [-0.05, 0) is 13.3 Å². The summed E-state index contributed by atoms with van der Waals surface area (Å²) in [5.41, 5.74) is 0.594. The third kappa shape index (κ3) is 2.76. The molecular formula is C12H16N2O4S. The van der Waals surface area contributed by atoms with E-state index in [1.165, 1.54) is 11.3 Å². The van der Waals surface area contributed by atoms with Crippen LogP contribution in [0.3, 0.4) is 0 Å². The number of aliphatic carboxylic acids is 1. The number of carboxylic acids is 1. The van der Waals surface area contributed by atoms with Crippen molar-refractivity contribution in [2.24, 2.45) is 0 Å². The number of rotatable bonds is 4. The van der Waals surface area contributed by atoms with E-state index in [0.29, 0.717) is 12.2 Å². The van der Waals surface area contributed by atoms with Gasteiger partial charge in [-0.15, -0.1) is 11.3 Å². The Kier molecular flexibility index (Phi) is 4.16. The lowest BCUT2D eigenvalue weighted by Crippen LogP contribution is -2.52. The van der Waals surface area contributed by atoms with E-state index in [1.54, 1.807) is 10.3 Å². The van der Waals surface area contributed by atoms with Crippen molar-refractivity contribution in [3.8, 4) is 0 Å². The average molecular weight is 284 g/mol. The molecule has 1 fully saturated rings. The topological polar surface area (TPSA) is 79.7 Å². The number of thiazole rings is 1. The number of aryl methyl sites for hydroxylation is 1. The summed E-state index contributed by atoms with van der Waals surface area (Å²) in [5.74, 6) is -1.25. The smallest absolute Gasteiger partial charge is 0.335 e. The van der Waals surface area contributed by atoms with Gasteiger partial charge in [0.15, 0.2) is 6.10 Å². The van der Waals surface area contributed by atoms with Crippen LogP contribution in [0.5, 0.6) is 0 Å². The van der Waals surface area contributed by atoms with Gasteiger partial charge in [0.2, 0.25) is 5.91 Å². The van der Waals surface area contributed by atoms with E-state index in [-0.39, 0.29) is 12.5 Å². The van der Waals surface area contributed by atoms with Crippen LogP contribution in [-0.4, -0.2) is 46.1 Å². The minimum absolute atomic E-state index is 0.184. The van der Waals surface area contributed by atoms with Crippen molar-refractivity contribution < 1.29 is 19.4 Å². The second-order valence-electron chi connectivity index (χ2n) is 4.39. The first-order chi connectivity index (χ1) is 9.04. The monoisotopic (exact) mass is 284 g/mol. The van der Waals surface area contributed by atoms with E-state index >= 15 is 0 Å². The largest absolute Gasteiger partial charge is 0.479 e. The molecule has 0 aliphatic carbocycles. The van der Waals surface area contributed by atoms with E-state index in [4.69, 9.17) is 4.74 Å². The normalized spacial score (nSPS) is 23.7. The van der Waals surface area contributed by atoms with Crippen molar-refractivity contribution in [3.63, 3.8) is 0 Å². The van der Waals surface area contributed by atoms with Crippen molar-refractivity contribution in [3.05, 3.63) is 16.1 Å². The number of nitrogens with zero attached hydrogens (tertiary/aromatic N) is 2. The molecule has 0 aromatic carbocycles. The first-order valence-electron chi connectivity index (χ1n) is 6.10. The van der Waals surface area contributed by atoms with Gasteiger partial charge in [0, 0.05) is 11.9 Å². The third-order valence-electron chi connectivity index (χ3n) is 2.98. The summed E-state index contributed by atoms with van der Waals surface area (Å²) in [6.07, 6.45) is -0.289. The molecule has 0 saturated carbocycles. The lowest BCUT2D eigenvalue weighted by Gasteiger charge is -2.38. The van der Waals surface area contributed by atoms with Crippen LogP contribution in [0.4, 0.5) is 0 Å². The summed E-state index contributed by atoms with van der Waals surface area (Å²) in [5, 5.41) is 11.9. The second-order valence-corrected chi connectivity index (χ2v) is 5.46. The fourth-order valence-corrected chi connectivity index (χ4v) is 2.84. The Bertz CT molecular complexity index is 488. The third-order valence-corrected chi connectivity index (χ3v) is 3.77. The van der Waals surface area contributed by atoms with Crippen LogP contribution in [-0.2, 0) is 14.3 Å². The zero-order chi connectivity index (χ0) is 14.0. The first kappa shape index (κ1) is 14.0. The molecule has 1 aliphatic rings. The van der Waals surface area contributed by atoms with E-state index in [0.717, 1.165) is 11.4 Å². The van der Waals surface area contributed by atoms with E-state index in [9.17, 15) is 14.7 Å². The highest BCUT2D eigenvalue weighted by Crippen LogP contribution is 2.31. The maximum absolute atomic E-state index is 11.9. The number of hydrogen-bond acceptors (Lipinski definition) is 5. The van der Waals surface area contributed by atoms with Crippen LogP contribution in [0.2, 0.25) is 0 Å². The number of ether oxygens (including phenoxy) is 1. The molecule has 2 heterocycles. The van der Waals surface area contributed by atoms with E-state index < -0.39 is 18.1 Å². The molecule has 2 rings (SSSR count). The quantitative estimate of drug-likeness (QED) is 0.899. The van der Waals surface area contributed by atoms with E-state index in [2.05, 4.69) is 4.98 Å². The van der Waals surface area contributed by atoms with Gasteiger partial charge in [0.25, 0.3) is 0 Å². The fourth-order valence-electron chi connectivity index (χ4n) is 2.20. The van der Waals surface area contributed by atoms with Gasteiger partial charge < -0.3 is 14.7 Å². The predicted octanol–water partition coefficient (Wildman–Crippen LogP) is 1.21. The average Bonchev–Trinajstić information content (AvgIpc) is 2.78. The summed E-state index contributed by atoms with van der Waals surface area (Å²) in [7, 11) is 0. The van der Waals surface area contributed by atoms with Crippen molar-refractivity contribution in [2.45, 2.75) is 32.4 Å². The molecule has 104 valence electrons. The number of hydrogen-bond donors (Lipinski definition) is 1. The molecule has 1 saturated heterocycles. The standard InChI is InChI=1S/C12H16N2O4S/c1-3-4-14-9(15)5-18-11(12(16)17)10(14)8-6-19-7(2)13-8/h6,10-11H,3-5H2,1-2H3,(H,16,17). The molecule has 1 amide bonds. The van der Waals surface area contributed by atoms with Gasteiger partial charge in [0.1, 0.15) is 12.6 Å². The number of carbonyl (C=O) groups is 2. The molecule has 6 nitrogen and oxygen atoms in total. The molecule has 1 aromatic rings. The molecule has 7 heteroatoms. The minimum atomic E-state index is -1.07. The SMILES string of the molecule is CCCN1C(=O)COC(C(=O)O)C1c1csc(C)n1. The zero-order valence-electron chi connectivity index (χ0n) is 10.8. The highest BCUT2D eigenvalue weighted by Gasteiger charge is 2.42. The van der Waals surface area contributed by atoms with Gasteiger partial charge in [-0.1, -0.05) is 6.92 Å². The summed E-state index contributed by atoms with van der Waals surface area (Å²) in [6.45, 7) is 4.12. The molecule has 19 heavy (non-hydrogen) atoms. The highest BCUT2D eigenvalue weighted by atomic mass is 32.1. The number of carboxylic acid groups (broad SMARTS) is 1. The lowest BCUT2D eigenvalue weighted by molar-refractivity contribution is -0.173. The summed E-state index contributed by atoms with van der Waals surface area (Å²) >= 11 is 1.44. The number of carbonyl (C=O) groups excluding carboxylic acids is 1. The van der Waals surface area contributed by atoms with Crippen molar-refractivity contribution >= 4 is 23.2 Å². The minimum Gasteiger partial charge on any atom is -0.479 e. The summed E-state index contributed by atoms with van der Waals surface area (Å²) in [6, 6.07) is -0.636. The molecule has 1 N–H and O–H groups in total. The van der Waals surface area contributed by atoms with Gasteiger partial charge in [-0.2, -0.15) is 0 Å². The number of amides is 1. The Morgan fingerprint density at radius 2 is 2.42 bits per heavy atom. The van der Waals surface area contributed by atoms with Crippen molar-refractivity contribution in [2.75, 3.05) is 13.2 Å². The fraction of sp³-hybridized carbons (Fsp3) is 0.583. The van der Waals surface area contributed by atoms with E-state index in [1.807, 2.05) is 13.8 Å². The van der Waals surface area contributed by atoms with Gasteiger partial charge in [-0.25, -0.2) is 9.78 Å². The molecule has 2 atom stereocenters. The molecule has 1 aliphatic heterocycles. The van der Waals surface area contributed by atoms with Crippen LogP contribution in [0.15, 0.2) is 5.38 Å². The van der Waals surface area contributed by atoms with Crippen LogP contribution >= 0.6 is 11.3 Å². The molecular weight excluding hydrogens is 268 g/mol. The number of morpholine rings is 1. The maximum atomic E-state index is 11.9. The summed E-state index contributed by atoms with van der Waals surface area (Å²) < 4.78 is 5.18. The second kappa shape index (κ2) is 5.66. The summed E-state index contributed by atoms with van der Waals surface area (Å²) in [4.78, 5) is 29.1. The molecule has 0 radical (unpaired) electrons. The lowest BCUT2D eigenvalue weighted by atomic mass is 10.0. The highest BCUT2D eigenvalue weighted by molar-refractivity contribution is 7.09. The van der Waals surface area contributed by atoms with Crippen LogP contribution in [0.1, 0.15) is 30.1 Å². The molecule has 0 bridgehead atoms. The van der Waals surface area contributed by atoms with Crippen LogP contribution in [0, 0.1) is 6.92 Å². The zero-order valence-corrected chi connectivity index (χ0v) is 11.6. The van der Waals surface area contributed by atoms with Gasteiger partial charge in [-0.3, -0.25) is 4.79 Å². The van der Waals surface area contributed by atoms with Crippen molar-refractivity contribution in [1.29, 1.82) is 0 Å². The Balaban J connectivity index is 2.37. The number of aromatic nitrogens is 1. The Hall–Kier alpha value is -1.47. The molecule has 2 unspecified atom stereocenters. The molecule has 1 aromatic heterocycles.